The van der Waals surface area contributed by atoms with Gasteiger partial charge in [-0.3, -0.25) is 4.57 Å². The summed E-state index contributed by atoms with van der Waals surface area (Å²) in [6.07, 6.45) is 6.13. The highest BCUT2D eigenvalue weighted by atomic mass is 35.5. The number of hydrogen-bond acceptors (Lipinski definition) is 5. The Hall–Kier alpha value is -1.58. The van der Waals surface area contributed by atoms with E-state index in [1.54, 1.807) is 22.8 Å². The van der Waals surface area contributed by atoms with Gasteiger partial charge >= 0.3 is 0 Å². The summed E-state index contributed by atoms with van der Waals surface area (Å²) in [6, 6.07) is 13.4. The first-order valence-corrected chi connectivity index (χ1v) is 15.2. The maximum absolute atomic E-state index is 12.6. The van der Waals surface area contributed by atoms with Crippen LogP contribution in [0, 0.1) is 6.92 Å². The third-order valence-electron chi connectivity index (χ3n) is 5.52. The standard InChI is InChI=1S/C25H32Cl2N4O2S2/c1-3-4-5-6-7-8-14-35(32,33)28-17-24-29-30-25(34-18-20-11-9-10-19(2)15-20)31(24)23-16-21(26)12-13-22(23)27/h9-13,15-16,28H,3-8,14,17-18H2,1-2H3. The molecule has 35 heavy (non-hydrogen) atoms. The molecule has 6 nitrogen and oxygen atoms in total. The van der Waals surface area contributed by atoms with Gasteiger partial charge in [-0.25, -0.2) is 13.1 Å². The first kappa shape index (κ1) is 28.0. The van der Waals surface area contributed by atoms with E-state index in [-0.39, 0.29) is 12.3 Å². The van der Waals surface area contributed by atoms with Gasteiger partial charge in [-0.15, -0.1) is 10.2 Å². The fourth-order valence-electron chi connectivity index (χ4n) is 3.68. The van der Waals surface area contributed by atoms with Gasteiger partial charge in [0.1, 0.15) is 0 Å². The summed E-state index contributed by atoms with van der Waals surface area (Å²) in [5, 5.41) is 10.2. The van der Waals surface area contributed by atoms with Crippen LogP contribution in [0.5, 0.6) is 0 Å². The van der Waals surface area contributed by atoms with Crippen molar-refractivity contribution in [3.05, 3.63) is 69.5 Å². The first-order chi connectivity index (χ1) is 16.8. The molecule has 10 heteroatoms. The Morgan fingerprint density at radius 1 is 1.00 bits per heavy atom. The lowest BCUT2D eigenvalue weighted by atomic mass is 10.1. The summed E-state index contributed by atoms with van der Waals surface area (Å²) in [7, 11) is -3.44. The third kappa shape index (κ3) is 8.79. The summed E-state index contributed by atoms with van der Waals surface area (Å²) >= 11 is 14.3. The molecule has 1 aromatic heterocycles. The minimum Gasteiger partial charge on any atom is -0.271 e. The van der Waals surface area contributed by atoms with Crippen LogP contribution in [-0.2, 0) is 22.3 Å². The number of halogens is 2. The molecule has 0 saturated heterocycles. The van der Waals surface area contributed by atoms with E-state index < -0.39 is 10.0 Å². The highest BCUT2D eigenvalue weighted by molar-refractivity contribution is 7.98. The van der Waals surface area contributed by atoms with Gasteiger partial charge in [0.05, 0.1) is 23.0 Å². The Kier molecular flexibility index (Phi) is 10.9. The fourth-order valence-corrected chi connectivity index (χ4v) is 6.03. The monoisotopic (exact) mass is 554 g/mol. The van der Waals surface area contributed by atoms with Crippen molar-refractivity contribution in [3.63, 3.8) is 0 Å². The number of benzene rings is 2. The maximum Gasteiger partial charge on any atom is 0.212 e. The fraction of sp³-hybridized carbons (Fsp3) is 0.440. The van der Waals surface area contributed by atoms with Crippen molar-refractivity contribution < 1.29 is 8.42 Å². The molecule has 3 rings (SSSR count). The van der Waals surface area contributed by atoms with Gasteiger partial charge in [-0.2, -0.15) is 0 Å². The van der Waals surface area contributed by atoms with Crippen molar-refractivity contribution in [1.82, 2.24) is 19.5 Å². The smallest absolute Gasteiger partial charge is 0.212 e. The molecule has 0 saturated carbocycles. The third-order valence-corrected chi connectivity index (χ3v) is 8.48. The molecule has 0 atom stereocenters. The summed E-state index contributed by atoms with van der Waals surface area (Å²) < 4.78 is 29.6. The van der Waals surface area contributed by atoms with Gasteiger partial charge in [-0.1, -0.05) is 104 Å². The van der Waals surface area contributed by atoms with E-state index in [1.807, 2.05) is 6.07 Å². The molecule has 0 bridgehead atoms. The van der Waals surface area contributed by atoms with Gasteiger partial charge in [0, 0.05) is 10.8 Å². The van der Waals surface area contributed by atoms with Crippen LogP contribution in [-0.4, -0.2) is 28.9 Å². The van der Waals surface area contributed by atoms with Crippen LogP contribution in [0.15, 0.2) is 47.6 Å². The van der Waals surface area contributed by atoms with Crippen molar-refractivity contribution in [2.24, 2.45) is 0 Å². The molecule has 190 valence electrons. The minimum atomic E-state index is -3.44. The molecule has 0 unspecified atom stereocenters. The number of thioether (sulfide) groups is 1. The molecule has 0 spiro atoms. The Balaban J connectivity index is 1.75. The molecular weight excluding hydrogens is 523 g/mol. The zero-order valence-corrected chi connectivity index (χ0v) is 23.3. The quantitative estimate of drug-likeness (QED) is 0.172. The van der Waals surface area contributed by atoms with Crippen molar-refractivity contribution in [3.8, 4) is 5.69 Å². The summed E-state index contributed by atoms with van der Waals surface area (Å²) in [5.74, 6) is 1.23. The molecule has 0 fully saturated rings. The molecule has 0 amide bonds. The van der Waals surface area contributed by atoms with Crippen LogP contribution in [0.25, 0.3) is 5.69 Å². The van der Waals surface area contributed by atoms with Gasteiger partial charge in [0.25, 0.3) is 0 Å². The van der Waals surface area contributed by atoms with Crippen molar-refractivity contribution >= 4 is 45.0 Å². The summed E-state index contributed by atoms with van der Waals surface area (Å²) in [5.41, 5.74) is 2.95. The number of hydrogen-bond donors (Lipinski definition) is 1. The molecule has 0 aliphatic heterocycles. The molecule has 1 heterocycles. The summed E-state index contributed by atoms with van der Waals surface area (Å²) in [4.78, 5) is 0. The van der Waals surface area contributed by atoms with Crippen LogP contribution in [0.2, 0.25) is 10.0 Å². The van der Waals surface area contributed by atoms with E-state index in [0.29, 0.717) is 38.9 Å². The summed E-state index contributed by atoms with van der Waals surface area (Å²) in [6.45, 7) is 4.23. The highest BCUT2D eigenvalue weighted by Crippen LogP contribution is 2.31. The topological polar surface area (TPSA) is 76.9 Å². The zero-order chi connectivity index (χ0) is 25.3. The van der Waals surface area contributed by atoms with E-state index in [9.17, 15) is 8.42 Å². The Morgan fingerprint density at radius 3 is 2.54 bits per heavy atom. The van der Waals surface area contributed by atoms with Crippen LogP contribution >= 0.6 is 35.0 Å². The van der Waals surface area contributed by atoms with Crippen LogP contribution in [0.1, 0.15) is 62.4 Å². The van der Waals surface area contributed by atoms with Gasteiger partial charge in [0.2, 0.25) is 10.0 Å². The number of nitrogens with zero attached hydrogens (tertiary/aromatic N) is 3. The van der Waals surface area contributed by atoms with Crippen molar-refractivity contribution in [2.75, 3.05) is 5.75 Å². The second kappa shape index (κ2) is 13.7. The predicted octanol–water partition coefficient (Wildman–Crippen LogP) is 6.95. The molecule has 3 aromatic rings. The highest BCUT2D eigenvalue weighted by Gasteiger charge is 2.19. The molecule has 0 radical (unpaired) electrons. The lowest BCUT2D eigenvalue weighted by Gasteiger charge is -2.13. The number of nitrogens with one attached hydrogen (secondary N) is 1. The second-order valence-corrected chi connectivity index (χ2v) is 12.2. The van der Waals surface area contributed by atoms with E-state index in [0.717, 1.165) is 24.8 Å². The van der Waals surface area contributed by atoms with E-state index >= 15 is 0 Å². The number of unbranched alkanes of at least 4 members (excludes halogenated alkanes) is 5. The Bertz CT molecular complexity index is 1220. The number of aromatic nitrogens is 3. The number of sulfonamides is 1. The zero-order valence-electron chi connectivity index (χ0n) is 20.1. The predicted molar refractivity (Wildman–Crippen MR) is 146 cm³/mol. The number of aryl methyl sites for hydroxylation is 1. The van der Waals surface area contributed by atoms with Crippen molar-refractivity contribution in [1.29, 1.82) is 0 Å². The SMILES string of the molecule is CCCCCCCCS(=O)(=O)NCc1nnc(SCc2cccc(C)c2)n1-c1cc(Cl)ccc1Cl. The second-order valence-electron chi connectivity index (χ2n) is 8.52. The molecule has 1 N–H and O–H groups in total. The molecular formula is C25H32Cl2N4O2S2. The lowest BCUT2D eigenvalue weighted by molar-refractivity contribution is 0.568. The van der Waals surface area contributed by atoms with E-state index in [2.05, 4.69) is 47.0 Å². The average molecular weight is 556 g/mol. The van der Waals surface area contributed by atoms with Crippen LogP contribution in [0.4, 0.5) is 0 Å². The van der Waals surface area contributed by atoms with E-state index in [1.165, 1.54) is 30.2 Å². The molecule has 0 aliphatic rings. The average Bonchev–Trinajstić information content (AvgIpc) is 3.23. The minimum absolute atomic E-state index is 0.0129. The normalized spacial score (nSPS) is 11.8. The Morgan fingerprint density at radius 2 is 1.77 bits per heavy atom. The lowest BCUT2D eigenvalue weighted by Crippen LogP contribution is -2.27. The molecule has 2 aromatic carbocycles. The van der Waals surface area contributed by atoms with Gasteiger partial charge < -0.3 is 0 Å². The largest absolute Gasteiger partial charge is 0.271 e. The number of rotatable bonds is 14. The van der Waals surface area contributed by atoms with Crippen molar-refractivity contribution in [2.45, 2.75) is 69.8 Å². The molecule has 0 aliphatic carbocycles. The van der Waals surface area contributed by atoms with Gasteiger partial charge in [0.15, 0.2) is 11.0 Å². The maximum atomic E-state index is 12.6. The Labute approximate surface area is 222 Å². The van der Waals surface area contributed by atoms with Gasteiger partial charge in [-0.05, 0) is 37.1 Å². The van der Waals surface area contributed by atoms with E-state index in [4.69, 9.17) is 23.2 Å². The first-order valence-electron chi connectivity index (χ1n) is 11.8. The van der Waals surface area contributed by atoms with Crippen LogP contribution in [0.3, 0.4) is 0 Å². The van der Waals surface area contributed by atoms with Crippen LogP contribution < -0.4 is 4.72 Å².